The topological polar surface area (TPSA) is 71.1 Å². The number of carbonyl (C=O) groups excluding carboxylic acids is 2. The van der Waals surface area contributed by atoms with Crippen molar-refractivity contribution in [3.05, 3.63) is 93.1 Å². The zero-order valence-electron chi connectivity index (χ0n) is 15.9. The first-order valence-corrected chi connectivity index (χ1v) is 10.9. The third-order valence-electron chi connectivity index (χ3n) is 5.31. The number of nitrogens with zero attached hydrogens (tertiary/aromatic N) is 1. The number of carbonyl (C=O) groups is 2. The van der Waals surface area contributed by atoms with E-state index in [1.165, 1.54) is 11.5 Å². The Labute approximate surface area is 185 Å². The van der Waals surface area contributed by atoms with Gasteiger partial charge in [-0.05, 0) is 59.9 Å². The maximum atomic E-state index is 13.1. The van der Waals surface area contributed by atoms with E-state index < -0.39 is 0 Å². The lowest BCUT2D eigenvalue weighted by Crippen LogP contribution is -2.21. The SMILES string of the molecule is Cc1ccccc1C1NC(=O)c2cccc(NC(=O)c3nsc4ccc(Br)cc34)c21. The van der Waals surface area contributed by atoms with E-state index in [0.717, 1.165) is 31.2 Å². The Morgan fingerprint density at radius 1 is 1.13 bits per heavy atom. The van der Waals surface area contributed by atoms with Crippen LogP contribution in [0.5, 0.6) is 0 Å². The van der Waals surface area contributed by atoms with E-state index in [1.54, 1.807) is 12.1 Å². The van der Waals surface area contributed by atoms with Crippen molar-refractivity contribution < 1.29 is 9.59 Å². The lowest BCUT2D eigenvalue weighted by molar-refractivity contribution is 0.0959. The minimum Gasteiger partial charge on any atom is -0.341 e. The van der Waals surface area contributed by atoms with Gasteiger partial charge in [0.15, 0.2) is 0 Å². The molecule has 0 saturated carbocycles. The van der Waals surface area contributed by atoms with Gasteiger partial charge in [0, 0.05) is 26.7 Å². The molecule has 0 aliphatic carbocycles. The molecule has 30 heavy (non-hydrogen) atoms. The molecule has 1 aliphatic heterocycles. The zero-order chi connectivity index (χ0) is 20.8. The predicted octanol–water partition coefficient (Wildman–Crippen LogP) is 5.45. The molecular formula is C23H16BrN3O2S. The first kappa shape index (κ1) is 19.0. The van der Waals surface area contributed by atoms with E-state index in [4.69, 9.17) is 0 Å². The molecule has 1 aromatic heterocycles. The van der Waals surface area contributed by atoms with E-state index >= 15 is 0 Å². The number of aromatic nitrogens is 1. The molecule has 7 heteroatoms. The van der Waals surface area contributed by atoms with Crippen LogP contribution in [0.1, 0.15) is 43.6 Å². The molecule has 5 rings (SSSR count). The van der Waals surface area contributed by atoms with Crippen LogP contribution < -0.4 is 10.6 Å². The Kier molecular flexibility index (Phi) is 4.64. The second-order valence-electron chi connectivity index (χ2n) is 7.16. The molecule has 0 spiro atoms. The highest BCUT2D eigenvalue weighted by molar-refractivity contribution is 9.10. The number of amides is 2. The Morgan fingerprint density at radius 3 is 2.80 bits per heavy atom. The van der Waals surface area contributed by atoms with Crippen molar-refractivity contribution in [2.45, 2.75) is 13.0 Å². The monoisotopic (exact) mass is 477 g/mol. The molecule has 0 radical (unpaired) electrons. The second-order valence-corrected chi connectivity index (χ2v) is 8.88. The van der Waals surface area contributed by atoms with E-state index in [2.05, 4.69) is 30.9 Å². The molecule has 5 nitrogen and oxygen atoms in total. The van der Waals surface area contributed by atoms with E-state index in [9.17, 15) is 9.59 Å². The van der Waals surface area contributed by atoms with Crippen molar-refractivity contribution in [2.24, 2.45) is 0 Å². The first-order chi connectivity index (χ1) is 14.5. The van der Waals surface area contributed by atoms with Crippen molar-refractivity contribution in [3.63, 3.8) is 0 Å². The van der Waals surface area contributed by atoms with Crippen molar-refractivity contribution in [1.29, 1.82) is 0 Å². The molecule has 0 saturated heterocycles. The van der Waals surface area contributed by atoms with Gasteiger partial charge in [-0.3, -0.25) is 9.59 Å². The summed E-state index contributed by atoms with van der Waals surface area (Å²) < 4.78 is 6.19. The van der Waals surface area contributed by atoms with Crippen molar-refractivity contribution in [3.8, 4) is 0 Å². The number of anilines is 1. The first-order valence-electron chi connectivity index (χ1n) is 9.38. The van der Waals surface area contributed by atoms with Crippen molar-refractivity contribution in [2.75, 3.05) is 5.32 Å². The summed E-state index contributed by atoms with van der Waals surface area (Å²) in [5.41, 5.74) is 4.43. The number of halogens is 1. The average Bonchev–Trinajstić information content (AvgIpc) is 3.30. The van der Waals surface area contributed by atoms with Gasteiger partial charge in [-0.1, -0.05) is 46.3 Å². The van der Waals surface area contributed by atoms with Gasteiger partial charge in [-0.15, -0.1) is 0 Å². The van der Waals surface area contributed by atoms with Crippen molar-refractivity contribution in [1.82, 2.24) is 9.69 Å². The minimum atomic E-state index is -0.313. The van der Waals surface area contributed by atoms with Crippen LogP contribution in [0.2, 0.25) is 0 Å². The number of nitrogens with one attached hydrogen (secondary N) is 2. The average molecular weight is 478 g/mol. The summed E-state index contributed by atoms with van der Waals surface area (Å²) in [6.07, 6.45) is 0. The normalized spacial score (nSPS) is 15.1. The van der Waals surface area contributed by atoms with Crippen molar-refractivity contribution >= 4 is 55.1 Å². The summed E-state index contributed by atoms with van der Waals surface area (Å²) >= 11 is 4.74. The number of rotatable bonds is 3. The lowest BCUT2D eigenvalue weighted by atomic mass is 9.93. The van der Waals surface area contributed by atoms with Gasteiger partial charge < -0.3 is 10.6 Å². The minimum absolute atomic E-state index is 0.141. The van der Waals surface area contributed by atoms with Crippen LogP contribution >= 0.6 is 27.5 Å². The maximum absolute atomic E-state index is 13.1. The number of benzene rings is 3. The largest absolute Gasteiger partial charge is 0.341 e. The van der Waals surface area contributed by atoms with Crippen LogP contribution in [-0.4, -0.2) is 16.2 Å². The molecule has 0 fully saturated rings. The van der Waals surface area contributed by atoms with Gasteiger partial charge in [-0.25, -0.2) is 0 Å². The van der Waals surface area contributed by atoms with Crippen LogP contribution in [0.4, 0.5) is 5.69 Å². The van der Waals surface area contributed by atoms with Crippen LogP contribution in [0, 0.1) is 6.92 Å². The lowest BCUT2D eigenvalue weighted by Gasteiger charge is -2.18. The standard InChI is InChI=1S/C23H16BrN3O2S/c1-12-5-2-3-6-14(12)20-19-15(22(28)26-20)7-4-8-17(19)25-23(29)21-16-11-13(24)9-10-18(16)30-27-21/h2-11,20H,1H3,(H,25,29)(H,26,28). The zero-order valence-corrected chi connectivity index (χ0v) is 18.3. The summed E-state index contributed by atoms with van der Waals surface area (Å²) in [5.74, 6) is -0.437. The van der Waals surface area contributed by atoms with E-state index in [-0.39, 0.29) is 17.9 Å². The fourth-order valence-electron chi connectivity index (χ4n) is 3.86. The van der Waals surface area contributed by atoms with Gasteiger partial charge in [-0.2, -0.15) is 4.37 Å². The van der Waals surface area contributed by atoms with Crippen LogP contribution in [0.15, 0.2) is 65.1 Å². The molecule has 1 atom stereocenters. The summed E-state index contributed by atoms with van der Waals surface area (Å²) in [7, 11) is 0. The van der Waals surface area contributed by atoms with Crippen LogP contribution in [0.3, 0.4) is 0 Å². The summed E-state index contributed by atoms with van der Waals surface area (Å²) in [4.78, 5) is 25.7. The third kappa shape index (κ3) is 3.11. The highest BCUT2D eigenvalue weighted by atomic mass is 79.9. The number of hydrogen-bond donors (Lipinski definition) is 2. The van der Waals surface area contributed by atoms with E-state index in [0.29, 0.717) is 16.9 Å². The van der Waals surface area contributed by atoms with Crippen LogP contribution in [0.25, 0.3) is 10.1 Å². The molecule has 2 N–H and O–H groups in total. The molecule has 4 aromatic rings. The molecule has 1 aliphatic rings. The Balaban J connectivity index is 1.57. The number of hydrogen-bond acceptors (Lipinski definition) is 4. The Morgan fingerprint density at radius 2 is 1.97 bits per heavy atom. The molecule has 0 bridgehead atoms. The summed E-state index contributed by atoms with van der Waals surface area (Å²) in [6, 6.07) is 18.8. The molecule has 148 valence electrons. The fraction of sp³-hybridized carbons (Fsp3) is 0.0870. The summed E-state index contributed by atoms with van der Waals surface area (Å²) in [6.45, 7) is 2.01. The summed E-state index contributed by atoms with van der Waals surface area (Å²) in [5, 5.41) is 6.84. The molecule has 2 heterocycles. The molecule has 3 aromatic carbocycles. The van der Waals surface area contributed by atoms with Gasteiger partial charge in [0.05, 0.1) is 10.7 Å². The van der Waals surface area contributed by atoms with Gasteiger partial charge in [0.2, 0.25) is 0 Å². The third-order valence-corrected chi connectivity index (χ3v) is 6.63. The second kappa shape index (κ2) is 7.34. The number of fused-ring (bicyclic) bond motifs is 2. The predicted molar refractivity (Wildman–Crippen MR) is 122 cm³/mol. The highest BCUT2D eigenvalue weighted by Gasteiger charge is 2.33. The quantitative estimate of drug-likeness (QED) is 0.411. The molecule has 2 amide bonds. The molecule has 1 unspecified atom stereocenters. The van der Waals surface area contributed by atoms with Gasteiger partial charge in [0.1, 0.15) is 5.69 Å². The Bertz CT molecular complexity index is 1330. The molecular weight excluding hydrogens is 462 g/mol. The fourth-order valence-corrected chi connectivity index (χ4v) is 4.98. The van der Waals surface area contributed by atoms with Crippen LogP contribution in [-0.2, 0) is 0 Å². The Hall–Kier alpha value is -3.03. The number of aryl methyl sites for hydroxylation is 1. The van der Waals surface area contributed by atoms with Gasteiger partial charge >= 0.3 is 0 Å². The smallest absolute Gasteiger partial charge is 0.276 e. The highest BCUT2D eigenvalue weighted by Crippen LogP contribution is 2.38. The van der Waals surface area contributed by atoms with E-state index in [1.807, 2.05) is 55.5 Å². The maximum Gasteiger partial charge on any atom is 0.276 e. The van der Waals surface area contributed by atoms with Gasteiger partial charge in [0.25, 0.3) is 11.8 Å².